The molecule has 0 saturated heterocycles. The first-order valence-electron chi connectivity index (χ1n) is 2.17. The maximum atomic E-state index is 9.97. The predicted octanol–water partition coefficient (Wildman–Crippen LogP) is -0.201. The van der Waals surface area contributed by atoms with Gasteiger partial charge < -0.3 is 9.84 Å². The molecule has 0 rings (SSSR count). The summed E-state index contributed by atoms with van der Waals surface area (Å²) >= 11 is 0. The van der Waals surface area contributed by atoms with Crippen LogP contribution in [0.4, 0.5) is 0 Å². The van der Waals surface area contributed by atoms with Crippen LogP contribution in [0.1, 0.15) is 0 Å². The Morgan fingerprint density at radius 1 is 1.78 bits per heavy atom. The van der Waals surface area contributed by atoms with E-state index in [0.29, 0.717) is 0 Å². The predicted molar refractivity (Wildman–Crippen MR) is 28.8 cm³/mol. The molecule has 4 nitrogen and oxygen atoms in total. The van der Waals surface area contributed by atoms with Crippen LogP contribution in [0.15, 0.2) is 12.7 Å². The van der Waals surface area contributed by atoms with E-state index >= 15 is 0 Å². The molecule has 0 aromatic rings. The summed E-state index contributed by atoms with van der Waals surface area (Å²) in [6.45, 7) is 3.21. The van der Waals surface area contributed by atoms with Gasteiger partial charge in [0.15, 0.2) is 0 Å². The number of aliphatic carboxylic acids is 1. The number of carboxylic acid groups (broad SMARTS) is 1. The molecule has 0 bridgehead atoms. The van der Waals surface area contributed by atoms with Crippen molar-refractivity contribution in [3.05, 3.63) is 12.7 Å². The largest absolute Gasteiger partial charge is 0.478 e. The molecule has 0 fully saturated rings. The van der Waals surface area contributed by atoms with E-state index in [1.165, 1.54) is 0 Å². The van der Waals surface area contributed by atoms with Crippen molar-refractivity contribution in [3.63, 3.8) is 0 Å². The fourth-order valence-electron chi connectivity index (χ4n) is 0.274. The van der Waals surface area contributed by atoms with Crippen molar-refractivity contribution in [2.24, 2.45) is 0 Å². The number of hydrogen-bond acceptors (Lipinski definition) is 3. The maximum Gasteiger partial charge on any atom is 0.349 e. The summed E-state index contributed by atoms with van der Waals surface area (Å²) in [5.41, 5.74) is 0. The van der Waals surface area contributed by atoms with Crippen LogP contribution in [0.3, 0.4) is 0 Å². The Morgan fingerprint density at radius 3 is 2.44 bits per heavy atom. The average molecular weight is 130 g/mol. The van der Waals surface area contributed by atoms with Crippen LogP contribution >= 0.6 is 0 Å². The van der Waals surface area contributed by atoms with Gasteiger partial charge in [0.05, 0.1) is 0 Å². The summed E-state index contributed by atoms with van der Waals surface area (Å²) in [6.07, 6.45) is -0.195. The first-order chi connectivity index (χ1) is 4.22. The lowest BCUT2D eigenvalue weighted by Gasteiger charge is -2.01. The molecule has 9 heavy (non-hydrogen) atoms. The molecule has 4 heteroatoms. The zero-order chi connectivity index (χ0) is 7.28. The first-order valence-corrected chi connectivity index (χ1v) is 2.17. The van der Waals surface area contributed by atoms with Crippen LogP contribution in [0, 0.1) is 0 Å². The lowest BCUT2D eigenvalue weighted by molar-refractivity contribution is -0.152. The minimum absolute atomic E-state index is 0.0699. The highest BCUT2D eigenvalue weighted by molar-refractivity contribution is 5.75. The van der Waals surface area contributed by atoms with Crippen molar-refractivity contribution >= 4 is 12.4 Å². The van der Waals surface area contributed by atoms with E-state index in [0.717, 1.165) is 6.08 Å². The minimum Gasteiger partial charge on any atom is -0.478 e. The quantitative estimate of drug-likeness (QED) is 0.422. The number of carbonyl (C=O) groups excluding carboxylic acids is 1. The standard InChI is InChI=1S/C5H6O4/c1-2-4(5(7)8)9-3-6/h2-4H,1H2,(H,7,8). The summed E-state index contributed by atoms with van der Waals surface area (Å²) in [5, 5.41) is 8.15. The topological polar surface area (TPSA) is 63.6 Å². The van der Waals surface area contributed by atoms with Gasteiger partial charge in [0.1, 0.15) is 0 Å². The number of hydrogen-bond donors (Lipinski definition) is 1. The van der Waals surface area contributed by atoms with Gasteiger partial charge >= 0.3 is 5.97 Å². The molecule has 0 radical (unpaired) electrons. The fraction of sp³-hybridized carbons (Fsp3) is 0.200. The van der Waals surface area contributed by atoms with Crippen molar-refractivity contribution in [2.45, 2.75) is 6.10 Å². The van der Waals surface area contributed by atoms with Crippen molar-refractivity contribution < 1.29 is 19.4 Å². The summed E-state index contributed by atoms with van der Waals surface area (Å²) < 4.78 is 4.05. The van der Waals surface area contributed by atoms with Gasteiger partial charge in [-0.3, -0.25) is 4.79 Å². The fourth-order valence-corrected chi connectivity index (χ4v) is 0.274. The van der Waals surface area contributed by atoms with Gasteiger partial charge in [0.25, 0.3) is 6.47 Å². The molecule has 0 spiro atoms. The van der Waals surface area contributed by atoms with Crippen LogP contribution in [-0.2, 0) is 14.3 Å². The molecule has 1 unspecified atom stereocenters. The summed E-state index contributed by atoms with van der Waals surface area (Å²) in [6, 6.07) is 0. The third-order valence-corrected chi connectivity index (χ3v) is 0.660. The molecule has 0 saturated carbocycles. The van der Waals surface area contributed by atoms with E-state index in [-0.39, 0.29) is 6.47 Å². The van der Waals surface area contributed by atoms with E-state index in [4.69, 9.17) is 5.11 Å². The second-order valence-electron chi connectivity index (χ2n) is 1.23. The molecule has 0 aromatic heterocycles. The minimum atomic E-state index is -1.22. The Labute approximate surface area is 51.7 Å². The Kier molecular flexibility index (Phi) is 3.12. The van der Waals surface area contributed by atoms with Gasteiger partial charge in [0, 0.05) is 0 Å². The smallest absolute Gasteiger partial charge is 0.349 e. The summed E-state index contributed by atoms with van der Waals surface area (Å²) in [4.78, 5) is 19.5. The number of rotatable bonds is 4. The van der Waals surface area contributed by atoms with Gasteiger partial charge in [-0.25, -0.2) is 4.79 Å². The summed E-state index contributed by atoms with van der Waals surface area (Å²) in [7, 11) is 0. The number of carbonyl (C=O) groups is 2. The molecular formula is C5H6O4. The monoisotopic (exact) mass is 130 g/mol. The molecular weight excluding hydrogens is 124 g/mol. The lowest BCUT2D eigenvalue weighted by Crippen LogP contribution is -2.20. The van der Waals surface area contributed by atoms with E-state index in [2.05, 4.69) is 11.3 Å². The Bertz CT molecular complexity index is 129. The maximum absolute atomic E-state index is 9.97. The molecule has 0 heterocycles. The third kappa shape index (κ3) is 2.48. The van der Waals surface area contributed by atoms with Gasteiger partial charge in [-0.05, 0) is 6.08 Å². The summed E-state index contributed by atoms with van der Waals surface area (Å²) in [5.74, 6) is -1.22. The molecule has 0 aliphatic carbocycles. The Balaban J connectivity index is 3.81. The Morgan fingerprint density at radius 2 is 2.33 bits per heavy atom. The first kappa shape index (κ1) is 7.68. The second kappa shape index (κ2) is 3.65. The normalized spacial score (nSPS) is 11.6. The molecule has 50 valence electrons. The highest BCUT2D eigenvalue weighted by Crippen LogP contribution is 1.88. The lowest BCUT2D eigenvalue weighted by atomic mass is 10.4. The molecule has 0 amide bonds. The molecule has 1 atom stereocenters. The van der Waals surface area contributed by atoms with Crippen LogP contribution in [0.25, 0.3) is 0 Å². The SMILES string of the molecule is C=CC(OC=O)C(=O)O. The number of carboxylic acids is 1. The zero-order valence-electron chi connectivity index (χ0n) is 4.61. The van der Waals surface area contributed by atoms with Crippen LogP contribution < -0.4 is 0 Å². The van der Waals surface area contributed by atoms with Crippen LogP contribution in [-0.4, -0.2) is 23.7 Å². The van der Waals surface area contributed by atoms with Gasteiger partial charge in [-0.15, -0.1) is 0 Å². The van der Waals surface area contributed by atoms with Gasteiger partial charge in [0.2, 0.25) is 6.10 Å². The third-order valence-electron chi connectivity index (χ3n) is 0.660. The van der Waals surface area contributed by atoms with Crippen molar-refractivity contribution in [2.75, 3.05) is 0 Å². The van der Waals surface area contributed by atoms with Crippen LogP contribution in [0.5, 0.6) is 0 Å². The molecule has 0 aromatic carbocycles. The average Bonchev–Trinajstić information content (AvgIpc) is 1.82. The van der Waals surface area contributed by atoms with E-state index < -0.39 is 12.1 Å². The number of ether oxygens (including phenoxy) is 1. The van der Waals surface area contributed by atoms with Gasteiger partial charge in [-0.2, -0.15) is 0 Å². The highest BCUT2D eigenvalue weighted by atomic mass is 16.5. The highest BCUT2D eigenvalue weighted by Gasteiger charge is 2.11. The molecule has 1 N–H and O–H groups in total. The van der Waals surface area contributed by atoms with E-state index in [1.807, 2.05) is 0 Å². The van der Waals surface area contributed by atoms with Crippen molar-refractivity contribution in [1.29, 1.82) is 0 Å². The second-order valence-corrected chi connectivity index (χ2v) is 1.23. The van der Waals surface area contributed by atoms with E-state index in [9.17, 15) is 9.59 Å². The zero-order valence-corrected chi connectivity index (χ0v) is 4.61. The Hall–Kier alpha value is -1.32. The van der Waals surface area contributed by atoms with Crippen LogP contribution in [0.2, 0.25) is 0 Å². The van der Waals surface area contributed by atoms with E-state index in [1.54, 1.807) is 0 Å². The van der Waals surface area contributed by atoms with Crippen molar-refractivity contribution in [3.8, 4) is 0 Å². The van der Waals surface area contributed by atoms with Gasteiger partial charge in [-0.1, -0.05) is 6.58 Å². The van der Waals surface area contributed by atoms with Crippen molar-refractivity contribution in [1.82, 2.24) is 0 Å². The molecule has 0 aliphatic rings. The molecule has 0 aliphatic heterocycles.